The van der Waals surface area contributed by atoms with E-state index in [1.807, 2.05) is 24.3 Å². The summed E-state index contributed by atoms with van der Waals surface area (Å²) in [6.45, 7) is 0. The van der Waals surface area contributed by atoms with Crippen LogP contribution >= 0.6 is 15.9 Å². The van der Waals surface area contributed by atoms with E-state index in [1.54, 1.807) is 0 Å². The van der Waals surface area contributed by atoms with Crippen LogP contribution in [0.4, 0.5) is 0 Å². The molecule has 2 atom stereocenters. The van der Waals surface area contributed by atoms with Gasteiger partial charge in [0.1, 0.15) is 0 Å². The molecule has 1 N–H and O–H groups in total. The highest BCUT2D eigenvalue weighted by Gasteiger charge is 2.43. The minimum atomic E-state index is -0.196. The molecule has 3 nitrogen and oxygen atoms in total. The van der Waals surface area contributed by atoms with E-state index in [1.165, 1.54) is 6.42 Å². The minimum absolute atomic E-state index is 0.120. The molecule has 3 rings (SSSR count). The van der Waals surface area contributed by atoms with Gasteiger partial charge in [0.2, 0.25) is 11.8 Å². The highest BCUT2D eigenvalue weighted by molar-refractivity contribution is 9.10. The van der Waals surface area contributed by atoms with Crippen molar-refractivity contribution in [2.24, 2.45) is 11.8 Å². The zero-order valence-corrected chi connectivity index (χ0v) is 12.2. The molecule has 4 heteroatoms. The van der Waals surface area contributed by atoms with Gasteiger partial charge in [0, 0.05) is 10.9 Å². The van der Waals surface area contributed by atoms with Crippen LogP contribution in [0, 0.1) is 11.8 Å². The Hall–Kier alpha value is -1.16. The predicted octanol–water partition coefficient (Wildman–Crippen LogP) is 3.00. The van der Waals surface area contributed by atoms with E-state index in [0.29, 0.717) is 12.3 Å². The summed E-state index contributed by atoms with van der Waals surface area (Å²) in [5, 5.41) is 2.49. The maximum Gasteiger partial charge on any atom is 0.234 e. The van der Waals surface area contributed by atoms with Crippen LogP contribution in [0.15, 0.2) is 28.7 Å². The first-order valence-corrected chi connectivity index (χ1v) is 7.54. The number of piperidine rings is 1. The summed E-state index contributed by atoms with van der Waals surface area (Å²) in [5.74, 6) is 0.227. The molecule has 1 saturated heterocycles. The molecule has 100 valence electrons. The molecule has 2 aliphatic rings. The number of nitrogens with one attached hydrogen (secondary N) is 1. The van der Waals surface area contributed by atoms with Gasteiger partial charge in [-0.05, 0) is 23.5 Å². The Kier molecular flexibility index (Phi) is 3.44. The summed E-state index contributed by atoms with van der Waals surface area (Å²) in [5.41, 5.74) is 1.00. The van der Waals surface area contributed by atoms with Crippen molar-refractivity contribution in [2.75, 3.05) is 0 Å². The SMILES string of the molecule is O=C1CC(C2CCC2)C(c2ccccc2Br)C(=O)N1. The van der Waals surface area contributed by atoms with E-state index >= 15 is 0 Å². The lowest BCUT2D eigenvalue weighted by Crippen LogP contribution is -2.47. The fourth-order valence-electron chi connectivity index (χ4n) is 3.20. The van der Waals surface area contributed by atoms with Gasteiger partial charge in [-0.25, -0.2) is 0 Å². The average Bonchev–Trinajstić information content (AvgIpc) is 2.28. The highest BCUT2D eigenvalue weighted by atomic mass is 79.9. The van der Waals surface area contributed by atoms with Crippen molar-refractivity contribution in [3.05, 3.63) is 34.3 Å². The van der Waals surface area contributed by atoms with E-state index in [0.717, 1.165) is 22.9 Å². The number of amides is 2. The van der Waals surface area contributed by atoms with Crippen LogP contribution < -0.4 is 5.32 Å². The third kappa shape index (κ3) is 2.34. The molecule has 2 unspecified atom stereocenters. The Bertz CT molecular complexity index is 525. The summed E-state index contributed by atoms with van der Waals surface area (Å²) in [4.78, 5) is 23.9. The first-order chi connectivity index (χ1) is 9.16. The van der Waals surface area contributed by atoms with Crippen LogP contribution in [0.1, 0.15) is 37.2 Å². The van der Waals surface area contributed by atoms with E-state index in [4.69, 9.17) is 0 Å². The number of carbonyl (C=O) groups excluding carboxylic acids is 2. The second-order valence-electron chi connectivity index (χ2n) is 5.47. The number of hydrogen-bond donors (Lipinski definition) is 1. The first kappa shape index (κ1) is 12.9. The van der Waals surface area contributed by atoms with Crippen LogP contribution in [0.3, 0.4) is 0 Å². The second-order valence-corrected chi connectivity index (χ2v) is 6.32. The molecule has 19 heavy (non-hydrogen) atoms. The van der Waals surface area contributed by atoms with Crippen molar-refractivity contribution < 1.29 is 9.59 Å². The van der Waals surface area contributed by atoms with Gasteiger partial charge < -0.3 is 0 Å². The molecule has 1 aromatic carbocycles. The Labute approximate surface area is 120 Å². The normalized spacial score (nSPS) is 27.8. The lowest BCUT2D eigenvalue weighted by molar-refractivity contribution is -0.138. The van der Waals surface area contributed by atoms with Gasteiger partial charge in [-0.1, -0.05) is 53.4 Å². The molecule has 1 aliphatic heterocycles. The quantitative estimate of drug-likeness (QED) is 0.851. The summed E-state index contributed by atoms with van der Waals surface area (Å²) >= 11 is 3.53. The Morgan fingerprint density at radius 3 is 2.53 bits per heavy atom. The smallest absolute Gasteiger partial charge is 0.234 e. The fraction of sp³-hybridized carbons (Fsp3) is 0.467. The second kappa shape index (κ2) is 5.08. The predicted molar refractivity (Wildman–Crippen MR) is 75.5 cm³/mol. The van der Waals surface area contributed by atoms with E-state index in [-0.39, 0.29) is 23.7 Å². The maximum absolute atomic E-state index is 12.3. The molecule has 1 heterocycles. The van der Waals surface area contributed by atoms with Crippen LogP contribution in [0.2, 0.25) is 0 Å². The van der Waals surface area contributed by atoms with Crippen LogP contribution in [-0.4, -0.2) is 11.8 Å². The largest absolute Gasteiger partial charge is 0.296 e. The Morgan fingerprint density at radius 2 is 1.89 bits per heavy atom. The number of imide groups is 1. The van der Waals surface area contributed by atoms with Crippen LogP contribution in [0.25, 0.3) is 0 Å². The van der Waals surface area contributed by atoms with Crippen LogP contribution in [-0.2, 0) is 9.59 Å². The zero-order valence-electron chi connectivity index (χ0n) is 10.6. The summed E-state index contributed by atoms with van der Waals surface area (Å²) in [6.07, 6.45) is 3.99. The van der Waals surface area contributed by atoms with E-state index in [9.17, 15) is 9.59 Å². The van der Waals surface area contributed by atoms with E-state index in [2.05, 4.69) is 21.2 Å². The van der Waals surface area contributed by atoms with Gasteiger partial charge in [0.05, 0.1) is 5.92 Å². The van der Waals surface area contributed by atoms with Crippen molar-refractivity contribution in [3.8, 4) is 0 Å². The number of halogens is 1. The summed E-state index contributed by atoms with van der Waals surface area (Å²) in [7, 11) is 0. The summed E-state index contributed by atoms with van der Waals surface area (Å²) in [6, 6.07) is 7.83. The van der Waals surface area contributed by atoms with E-state index < -0.39 is 0 Å². The molecule has 1 aromatic rings. The molecular weight excluding hydrogens is 306 g/mol. The number of hydrogen-bond acceptors (Lipinski definition) is 2. The standard InChI is InChI=1S/C15H16BrNO2/c16-12-7-2-1-6-10(12)14-11(9-4-3-5-9)8-13(18)17-15(14)19/h1-2,6-7,9,11,14H,3-5,8H2,(H,17,18,19). The molecule has 0 spiro atoms. The fourth-order valence-corrected chi connectivity index (χ4v) is 3.73. The van der Waals surface area contributed by atoms with Gasteiger partial charge in [-0.3, -0.25) is 14.9 Å². The van der Waals surface area contributed by atoms with Gasteiger partial charge >= 0.3 is 0 Å². The third-order valence-electron chi connectivity index (χ3n) is 4.39. The molecule has 0 bridgehead atoms. The summed E-state index contributed by atoms with van der Waals surface area (Å²) < 4.78 is 0.953. The topological polar surface area (TPSA) is 46.2 Å². The molecular formula is C15H16BrNO2. The molecule has 1 aliphatic carbocycles. The number of rotatable bonds is 2. The maximum atomic E-state index is 12.3. The monoisotopic (exact) mass is 321 g/mol. The van der Waals surface area contributed by atoms with Crippen molar-refractivity contribution in [1.29, 1.82) is 0 Å². The van der Waals surface area contributed by atoms with Crippen LogP contribution in [0.5, 0.6) is 0 Å². The van der Waals surface area contributed by atoms with Crippen molar-refractivity contribution in [1.82, 2.24) is 5.32 Å². The van der Waals surface area contributed by atoms with Crippen molar-refractivity contribution in [2.45, 2.75) is 31.6 Å². The number of benzene rings is 1. The minimum Gasteiger partial charge on any atom is -0.296 e. The molecule has 1 saturated carbocycles. The first-order valence-electron chi connectivity index (χ1n) is 6.75. The van der Waals surface area contributed by atoms with Crippen molar-refractivity contribution >= 4 is 27.7 Å². The molecule has 2 fully saturated rings. The third-order valence-corrected chi connectivity index (χ3v) is 5.11. The zero-order chi connectivity index (χ0) is 13.4. The average molecular weight is 322 g/mol. The lowest BCUT2D eigenvalue weighted by Gasteiger charge is -2.40. The Balaban J connectivity index is 1.97. The van der Waals surface area contributed by atoms with Gasteiger partial charge in [0.25, 0.3) is 0 Å². The number of carbonyl (C=O) groups is 2. The van der Waals surface area contributed by atoms with Gasteiger partial charge in [-0.2, -0.15) is 0 Å². The Morgan fingerprint density at radius 1 is 1.16 bits per heavy atom. The van der Waals surface area contributed by atoms with Crippen molar-refractivity contribution in [3.63, 3.8) is 0 Å². The molecule has 0 radical (unpaired) electrons. The van der Waals surface area contributed by atoms with Gasteiger partial charge in [-0.15, -0.1) is 0 Å². The van der Waals surface area contributed by atoms with Gasteiger partial charge in [0.15, 0.2) is 0 Å². The lowest BCUT2D eigenvalue weighted by atomic mass is 9.66. The molecule has 0 aromatic heterocycles. The molecule has 2 amide bonds. The highest BCUT2D eigenvalue weighted by Crippen LogP contribution is 2.45.